The van der Waals surface area contributed by atoms with Crippen LogP contribution in [-0.4, -0.2) is 38.5 Å². The summed E-state index contributed by atoms with van der Waals surface area (Å²) in [5, 5.41) is 15.3. The first kappa shape index (κ1) is 11.5. The molecule has 2 heterocycles. The van der Waals surface area contributed by atoms with E-state index in [1.807, 2.05) is 14.0 Å². The molecule has 1 aromatic rings. The van der Waals surface area contributed by atoms with E-state index >= 15 is 0 Å². The number of nitrogens with zero attached hydrogens (tertiary/aromatic N) is 3. The third-order valence-corrected chi connectivity index (χ3v) is 4.46. The zero-order chi connectivity index (χ0) is 12.2. The molecule has 3 rings (SSSR count). The van der Waals surface area contributed by atoms with Crippen LogP contribution in [0.3, 0.4) is 0 Å². The Morgan fingerprint density at radius 2 is 2.12 bits per heavy atom. The molecular formula is C12H18ClN3O. The summed E-state index contributed by atoms with van der Waals surface area (Å²) in [6.45, 7) is 4.34. The molecule has 1 N–H and O–H groups in total. The summed E-state index contributed by atoms with van der Waals surface area (Å²) in [5.41, 5.74) is 1.66. The molecule has 1 saturated carbocycles. The van der Waals surface area contributed by atoms with Crippen LogP contribution in [0.5, 0.6) is 0 Å². The summed E-state index contributed by atoms with van der Waals surface area (Å²) in [6, 6.07) is 0. The lowest BCUT2D eigenvalue weighted by molar-refractivity contribution is -0.116. The lowest BCUT2D eigenvalue weighted by Crippen LogP contribution is -2.62. The molecule has 0 unspecified atom stereocenters. The molecule has 0 aromatic carbocycles. The van der Waals surface area contributed by atoms with Gasteiger partial charge in [-0.25, -0.2) is 0 Å². The SMILES string of the molecule is Cc1nn(C)c(Cl)c1CN1CC(O)(C2CC2)C1. The summed E-state index contributed by atoms with van der Waals surface area (Å²) < 4.78 is 1.71. The average Bonchev–Trinajstić information content (AvgIpc) is 3.01. The fourth-order valence-corrected chi connectivity index (χ4v) is 3.03. The second kappa shape index (κ2) is 3.70. The van der Waals surface area contributed by atoms with Crippen molar-refractivity contribution in [3.63, 3.8) is 0 Å². The Hall–Kier alpha value is -0.580. The van der Waals surface area contributed by atoms with E-state index in [1.54, 1.807) is 4.68 Å². The summed E-state index contributed by atoms with van der Waals surface area (Å²) in [6.07, 6.45) is 2.38. The van der Waals surface area contributed by atoms with E-state index in [0.29, 0.717) is 11.1 Å². The lowest BCUT2D eigenvalue weighted by Gasteiger charge is -2.47. The Labute approximate surface area is 106 Å². The lowest BCUT2D eigenvalue weighted by atomic mass is 9.88. The van der Waals surface area contributed by atoms with Crippen molar-refractivity contribution in [2.24, 2.45) is 13.0 Å². The predicted octanol–water partition coefficient (Wildman–Crippen LogP) is 1.34. The maximum Gasteiger partial charge on any atom is 0.131 e. The zero-order valence-corrected chi connectivity index (χ0v) is 11.0. The number of aromatic nitrogens is 2. The molecule has 1 aliphatic heterocycles. The standard InChI is InChI=1S/C12H18ClN3O/c1-8-10(11(13)15(2)14-8)5-16-6-12(17,7-16)9-3-4-9/h9,17H,3-7H2,1-2H3. The minimum absolute atomic E-state index is 0.414. The van der Waals surface area contributed by atoms with E-state index in [2.05, 4.69) is 10.00 Å². The predicted molar refractivity (Wildman–Crippen MR) is 65.9 cm³/mol. The Kier molecular flexibility index (Phi) is 2.51. The van der Waals surface area contributed by atoms with Gasteiger partial charge in [-0.05, 0) is 25.7 Å². The van der Waals surface area contributed by atoms with E-state index in [1.165, 1.54) is 12.8 Å². The molecular weight excluding hydrogens is 238 g/mol. The Morgan fingerprint density at radius 1 is 1.47 bits per heavy atom. The van der Waals surface area contributed by atoms with Gasteiger partial charge in [-0.3, -0.25) is 9.58 Å². The third kappa shape index (κ3) is 1.88. The van der Waals surface area contributed by atoms with Crippen LogP contribution in [-0.2, 0) is 13.6 Å². The molecule has 0 spiro atoms. The number of aryl methyl sites for hydroxylation is 2. The van der Waals surface area contributed by atoms with Gasteiger partial charge in [-0.15, -0.1) is 0 Å². The van der Waals surface area contributed by atoms with Crippen LogP contribution < -0.4 is 0 Å². The van der Waals surface area contributed by atoms with Gasteiger partial charge in [-0.2, -0.15) is 5.10 Å². The molecule has 2 fully saturated rings. The first-order chi connectivity index (χ1) is 7.99. The monoisotopic (exact) mass is 255 g/mol. The number of rotatable bonds is 3. The molecule has 0 radical (unpaired) electrons. The van der Waals surface area contributed by atoms with Crippen molar-refractivity contribution in [1.29, 1.82) is 0 Å². The van der Waals surface area contributed by atoms with E-state index < -0.39 is 5.60 Å². The largest absolute Gasteiger partial charge is 0.387 e. The van der Waals surface area contributed by atoms with Crippen LogP contribution in [0.25, 0.3) is 0 Å². The fourth-order valence-electron chi connectivity index (χ4n) is 2.80. The van der Waals surface area contributed by atoms with Gasteiger partial charge in [0.1, 0.15) is 5.15 Å². The highest BCUT2D eigenvalue weighted by Gasteiger charge is 2.51. The van der Waals surface area contributed by atoms with Crippen molar-refractivity contribution in [2.75, 3.05) is 13.1 Å². The van der Waals surface area contributed by atoms with Crippen molar-refractivity contribution in [3.8, 4) is 0 Å². The van der Waals surface area contributed by atoms with E-state index in [4.69, 9.17) is 11.6 Å². The highest BCUT2D eigenvalue weighted by atomic mass is 35.5. The van der Waals surface area contributed by atoms with Gasteiger partial charge >= 0.3 is 0 Å². The fraction of sp³-hybridized carbons (Fsp3) is 0.750. The van der Waals surface area contributed by atoms with Crippen LogP contribution in [0.2, 0.25) is 5.15 Å². The number of hydrogen-bond acceptors (Lipinski definition) is 3. The summed E-state index contributed by atoms with van der Waals surface area (Å²) >= 11 is 6.20. The second-order valence-corrected chi connectivity index (χ2v) is 5.86. The molecule has 0 amide bonds. The maximum absolute atomic E-state index is 10.2. The highest BCUT2D eigenvalue weighted by molar-refractivity contribution is 6.30. The molecule has 2 aliphatic rings. The normalized spacial score (nSPS) is 23.8. The van der Waals surface area contributed by atoms with Crippen LogP contribution >= 0.6 is 11.6 Å². The van der Waals surface area contributed by atoms with E-state index in [-0.39, 0.29) is 0 Å². The van der Waals surface area contributed by atoms with Gasteiger partial charge in [0.25, 0.3) is 0 Å². The van der Waals surface area contributed by atoms with Crippen molar-refractivity contribution < 1.29 is 5.11 Å². The molecule has 4 nitrogen and oxygen atoms in total. The Balaban J connectivity index is 1.65. The molecule has 17 heavy (non-hydrogen) atoms. The van der Waals surface area contributed by atoms with Gasteiger partial charge in [0, 0.05) is 32.2 Å². The van der Waals surface area contributed by atoms with Gasteiger partial charge in [-0.1, -0.05) is 11.6 Å². The summed E-state index contributed by atoms with van der Waals surface area (Å²) in [7, 11) is 1.86. The summed E-state index contributed by atoms with van der Waals surface area (Å²) in [5.74, 6) is 0.546. The Morgan fingerprint density at radius 3 is 2.59 bits per heavy atom. The van der Waals surface area contributed by atoms with E-state index in [0.717, 1.165) is 30.9 Å². The maximum atomic E-state index is 10.2. The molecule has 0 bridgehead atoms. The smallest absolute Gasteiger partial charge is 0.131 e. The molecule has 0 atom stereocenters. The molecule has 5 heteroatoms. The molecule has 1 aliphatic carbocycles. The van der Waals surface area contributed by atoms with Gasteiger partial charge in [0.15, 0.2) is 0 Å². The first-order valence-electron chi connectivity index (χ1n) is 6.12. The van der Waals surface area contributed by atoms with Gasteiger partial charge in [0.05, 0.1) is 11.3 Å². The molecule has 94 valence electrons. The van der Waals surface area contributed by atoms with Crippen LogP contribution in [0.15, 0.2) is 0 Å². The van der Waals surface area contributed by atoms with Crippen LogP contribution in [0.4, 0.5) is 0 Å². The minimum Gasteiger partial charge on any atom is -0.387 e. The van der Waals surface area contributed by atoms with Crippen molar-refractivity contribution in [1.82, 2.24) is 14.7 Å². The summed E-state index contributed by atoms with van der Waals surface area (Å²) in [4.78, 5) is 2.24. The number of likely N-dealkylation sites (tertiary alicyclic amines) is 1. The average molecular weight is 256 g/mol. The van der Waals surface area contributed by atoms with E-state index in [9.17, 15) is 5.11 Å². The number of halogens is 1. The van der Waals surface area contributed by atoms with Crippen LogP contribution in [0, 0.1) is 12.8 Å². The highest BCUT2D eigenvalue weighted by Crippen LogP contribution is 2.45. The minimum atomic E-state index is -0.414. The quantitative estimate of drug-likeness (QED) is 0.886. The van der Waals surface area contributed by atoms with Crippen molar-refractivity contribution >= 4 is 11.6 Å². The molecule has 1 saturated heterocycles. The second-order valence-electron chi connectivity index (χ2n) is 5.50. The third-order valence-electron chi connectivity index (χ3n) is 3.98. The number of hydrogen-bond donors (Lipinski definition) is 1. The number of aliphatic hydroxyl groups is 1. The van der Waals surface area contributed by atoms with Crippen molar-refractivity contribution in [2.45, 2.75) is 31.9 Å². The zero-order valence-electron chi connectivity index (χ0n) is 10.3. The van der Waals surface area contributed by atoms with Gasteiger partial charge in [0.2, 0.25) is 0 Å². The van der Waals surface area contributed by atoms with Crippen molar-refractivity contribution in [3.05, 3.63) is 16.4 Å². The molecule has 1 aromatic heterocycles. The van der Waals surface area contributed by atoms with Crippen LogP contribution in [0.1, 0.15) is 24.1 Å². The first-order valence-corrected chi connectivity index (χ1v) is 6.50. The Bertz CT molecular complexity index is 447. The number of β-amino-alcohol motifs (C(OH)–C–C–N with tert-alkyl or cyclic N) is 1. The van der Waals surface area contributed by atoms with Gasteiger partial charge < -0.3 is 5.11 Å². The topological polar surface area (TPSA) is 41.3 Å².